The molecule has 0 aliphatic heterocycles. The molecule has 0 radical (unpaired) electrons. The van der Waals surface area contributed by atoms with Crippen molar-refractivity contribution in [2.24, 2.45) is 0 Å². The smallest absolute Gasteiger partial charge is 0.199 e. The van der Waals surface area contributed by atoms with Crippen molar-refractivity contribution in [1.29, 1.82) is 0 Å². The Morgan fingerprint density at radius 1 is 0.774 bits per heavy atom. The summed E-state index contributed by atoms with van der Waals surface area (Å²) in [6.45, 7) is 0. The SMILES string of the molecule is COc1cc(OC)c(-n2c(-c3ccc(Cl)cc3)nc3nc4ccccc4nc32)cc1Cl. The first-order valence-electron chi connectivity index (χ1n) is 9.42. The van der Waals surface area contributed by atoms with Gasteiger partial charge in [-0.2, -0.15) is 0 Å². The molecule has 154 valence electrons. The molecular formula is C23H16Cl2N4O2. The Kier molecular flexibility index (Phi) is 4.88. The maximum atomic E-state index is 6.47. The number of imidazole rings is 1. The summed E-state index contributed by atoms with van der Waals surface area (Å²) in [6.07, 6.45) is 0. The second-order valence-corrected chi connectivity index (χ2v) is 7.64. The van der Waals surface area contributed by atoms with Crippen LogP contribution in [0.5, 0.6) is 11.5 Å². The highest BCUT2D eigenvalue weighted by atomic mass is 35.5. The van der Waals surface area contributed by atoms with E-state index in [4.69, 9.17) is 47.6 Å². The molecule has 0 amide bonds. The highest BCUT2D eigenvalue weighted by molar-refractivity contribution is 6.32. The van der Waals surface area contributed by atoms with Gasteiger partial charge in [0.25, 0.3) is 0 Å². The Morgan fingerprint density at radius 3 is 2.13 bits per heavy atom. The fraction of sp³-hybridized carbons (Fsp3) is 0.0870. The molecule has 0 saturated carbocycles. The van der Waals surface area contributed by atoms with Gasteiger partial charge >= 0.3 is 0 Å². The van der Waals surface area contributed by atoms with Crippen LogP contribution in [0.2, 0.25) is 10.0 Å². The quantitative estimate of drug-likeness (QED) is 0.338. The van der Waals surface area contributed by atoms with Crippen LogP contribution in [0.15, 0.2) is 60.7 Å². The lowest BCUT2D eigenvalue weighted by Gasteiger charge is -2.15. The van der Waals surface area contributed by atoms with Crippen LogP contribution < -0.4 is 9.47 Å². The molecule has 6 nitrogen and oxygen atoms in total. The van der Waals surface area contributed by atoms with Crippen LogP contribution in [-0.2, 0) is 0 Å². The number of methoxy groups -OCH3 is 2. The van der Waals surface area contributed by atoms with Gasteiger partial charge in [0.15, 0.2) is 11.3 Å². The molecule has 0 aliphatic rings. The maximum Gasteiger partial charge on any atom is 0.199 e. The Bertz CT molecular complexity index is 1430. The fourth-order valence-electron chi connectivity index (χ4n) is 3.50. The number of nitrogens with zero attached hydrogens (tertiary/aromatic N) is 4. The summed E-state index contributed by atoms with van der Waals surface area (Å²) in [5, 5.41) is 1.08. The van der Waals surface area contributed by atoms with Gasteiger partial charge < -0.3 is 9.47 Å². The number of hydrogen-bond acceptors (Lipinski definition) is 5. The molecule has 0 N–H and O–H groups in total. The van der Waals surface area contributed by atoms with Crippen LogP contribution in [0.25, 0.3) is 39.4 Å². The highest BCUT2D eigenvalue weighted by Gasteiger charge is 2.21. The lowest BCUT2D eigenvalue weighted by atomic mass is 10.2. The topological polar surface area (TPSA) is 62.1 Å². The van der Waals surface area contributed by atoms with Crippen LogP contribution in [0.3, 0.4) is 0 Å². The van der Waals surface area contributed by atoms with Crippen LogP contribution >= 0.6 is 23.2 Å². The Labute approximate surface area is 188 Å². The average Bonchev–Trinajstić information content (AvgIpc) is 3.15. The molecule has 5 rings (SSSR count). The molecule has 0 unspecified atom stereocenters. The molecule has 0 fully saturated rings. The van der Waals surface area contributed by atoms with Crippen molar-refractivity contribution in [3.63, 3.8) is 0 Å². The molecular weight excluding hydrogens is 435 g/mol. The van der Waals surface area contributed by atoms with E-state index in [-0.39, 0.29) is 0 Å². The number of rotatable bonds is 4. The molecule has 0 saturated heterocycles. The van der Waals surface area contributed by atoms with Gasteiger partial charge in [-0.1, -0.05) is 35.3 Å². The number of ether oxygens (including phenoxy) is 2. The van der Waals surface area contributed by atoms with Crippen LogP contribution in [-0.4, -0.2) is 33.7 Å². The fourth-order valence-corrected chi connectivity index (χ4v) is 3.86. The van der Waals surface area contributed by atoms with Gasteiger partial charge in [-0.05, 0) is 42.5 Å². The predicted molar refractivity (Wildman–Crippen MR) is 123 cm³/mol. The first kappa shape index (κ1) is 19.6. The van der Waals surface area contributed by atoms with Crippen molar-refractivity contribution >= 4 is 45.5 Å². The summed E-state index contributed by atoms with van der Waals surface area (Å²) < 4.78 is 12.9. The Morgan fingerprint density at radius 2 is 1.45 bits per heavy atom. The number of aromatic nitrogens is 4. The van der Waals surface area contributed by atoms with Crippen molar-refractivity contribution in [1.82, 2.24) is 19.5 Å². The van der Waals surface area contributed by atoms with Crippen LogP contribution in [0.4, 0.5) is 0 Å². The molecule has 31 heavy (non-hydrogen) atoms. The van der Waals surface area contributed by atoms with E-state index in [0.29, 0.717) is 44.4 Å². The minimum absolute atomic E-state index is 0.441. The van der Waals surface area contributed by atoms with Crippen molar-refractivity contribution in [3.05, 3.63) is 70.7 Å². The molecule has 0 spiro atoms. The second-order valence-electron chi connectivity index (χ2n) is 6.80. The zero-order valence-corrected chi connectivity index (χ0v) is 18.1. The molecule has 0 bridgehead atoms. The predicted octanol–water partition coefficient (Wildman–Crippen LogP) is 5.96. The molecule has 5 aromatic rings. The first-order valence-corrected chi connectivity index (χ1v) is 10.2. The van der Waals surface area contributed by atoms with Crippen LogP contribution in [0.1, 0.15) is 0 Å². The normalized spacial score (nSPS) is 11.2. The zero-order valence-electron chi connectivity index (χ0n) is 16.6. The average molecular weight is 451 g/mol. The third-order valence-electron chi connectivity index (χ3n) is 4.97. The van der Waals surface area contributed by atoms with Gasteiger partial charge in [0, 0.05) is 16.7 Å². The summed E-state index contributed by atoms with van der Waals surface area (Å²) in [4.78, 5) is 14.4. The van der Waals surface area contributed by atoms with Gasteiger partial charge in [-0.15, -0.1) is 0 Å². The lowest BCUT2D eigenvalue weighted by Crippen LogP contribution is -2.03. The van der Waals surface area contributed by atoms with E-state index in [1.165, 1.54) is 0 Å². The van der Waals surface area contributed by atoms with Gasteiger partial charge in [0.1, 0.15) is 17.3 Å². The van der Waals surface area contributed by atoms with Crippen LogP contribution in [0, 0.1) is 0 Å². The number of halogens is 2. The third-order valence-corrected chi connectivity index (χ3v) is 5.51. The molecule has 2 heterocycles. The minimum atomic E-state index is 0.441. The lowest BCUT2D eigenvalue weighted by molar-refractivity contribution is 0.393. The van der Waals surface area contributed by atoms with Crippen molar-refractivity contribution in [2.45, 2.75) is 0 Å². The zero-order chi connectivity index (χ0) is 21.5. The molecule has 0 aliphatic carbocycles. The first-order chi connectivity index (χ1) is 15.1. The summed E-state index contributed by atoms with van der Waals surface area (Å²) in [7, 11) is 3.15. The third kappa shape index (κ3) is 3.34. The van der Waals surface area contributed by atoms with Crippen molar-refractivity contribution in [2.75, 3.05) is 14.2 Å². The van der Waals surface area contributed by atoms with Gasteiger partial charge in [-0.3, -0.25) is 4.57 Å². The van der Waals surface area contributed by atoms with E-state index in [1.807, 2.05) is 53.1 Å². The monoisotopic (exact) mass is 450 g/mol. The van der Waals surface area contributed by atoms with E-state index >= 15 is 0 Å². The summed E-state index contributed by atoms with van der Waals surface area (Å²) in [5.74, 6) is 1.71. The summed E-state index contributed by atoms with van der Waals surface area (Å²) in [5.41, 5.74) is 4.15. The molecule has 3 aromatic carbocycles. The van der Waals surface area contributed by atoms with Gasteiger partial charge in [0.05, 0.1) is 36.0 Å². The van der Waals surface area contributed by atoms with Crippen molar-refractivity contribution < 1.29 is 9.47 Å². The molecule has 0 atom stereocenters. The van der Waals surface area contributed by atoms with Gasteiger partial charge in [0.2, 0.25) is 0 Å². The number of benzene rings is 3. The Hall–Kier alpha value is -3.35. The van der Waals surface area contributed by atoms with Gasteiger partial charge in [-0.25, -0.2) is 15.0 Å². The Balaban J connectivity index is 1.89. The summed E-state index contributed by atoms with van der Waals surface area (Å²) in [6, 6.07) is 18.6. The molecule has 8 heteroatoms. The number of para-hydroxylation sites is 2. The van der Waals surface area contributed by atoms with E-state index in [0.717, 1.165) is 16.6 Å². The summed E-state index contributed by atoms with van der Waals surface area (Å²) >= 11 is 12.6. The van der Waals surface area contributed by atoms with E-state index in [1.54, 1.807) is 26.4 Å². The second kappa shape index (κ2) is 7.72. The standard InChI is InChI=1S/C23H16Cl2N4O2/c1-30-19-12-20(31-2)18(11-15(19)25)29-22(13-7-9-14(24)10-8-13)28-21-23(29)27-17-6-4-3-5-16(17)26-21/h3-12H,1-2H3. The number of fused-ring (bicyclic) bond motifs is 2. The minimum Gasteiger partial charge on any atom is -0.495 e. The highest BCUT2D eigenvalue weighted by Crippen LogP contribution is 2.38. The van der Waals surface area contributed by atoms with E-state index in [9.17, 15) is 0 Å². The van der Waals surface area contributed by atoms with Crippen molar-refractivity contribution in [3.8, 4) is 28.6 Å². The largest absolute Gasteiger partial charge is 0.495 e. The van der Waals surface area contributed by atoms with E-state index < -0.39 is 0 Å². The molecule has 2 aromatic heterocycles. The maximum absolute atomic E-state index is 6.47. The number of hydrogen-bond donors (Lipinski definition) is 0. The van der Waals surface area contributed by atoms with E-state index in [2.05, 4.69) is 0 Å².